The summed E-state index contributed by atoms with van der Waals surface area (Å²) in [6.45, 7) is 3.93. The first-order valence-corrected chi connectivity index (χ1v) is 4.94. The highest BCUT2D eigenvalue weighted by Crippen LogP contribution is 2.16. The third-order valence-electron chi connectivity index (χ3n) is 2.48. The summed E-state index contributed by atoms with van der Waals surface area (Å²) in [6, 6.07) is 0.237. The summed E-state index contributed by atoms with van der Waals surface area (Å²) in [5.41, 5.74) is 0. The van der Waals surface area contributed by atoms with E-state index >= 15 is 0 Å². The lowest BCUT2D eigenvalue weighted by Gasteiger charge is -2.30. The van der Waals surface area contributed by atoms with Gasteiger partial charge in [-0.15, -0.1) is 0 Å². The van der Waals surface area contributed by atoms with Crippen molar-refractivity contribution in [3.63, 3.8) is 0 Å². The second kappa shape index (κ2) is 4.25. The van der Waals surface area contributed by atoms with Crippen LogP contribution in [0, 0.1) is 0 Å². The zero-order chi connectivity index (χ0) is 9.97. The van der Waals surface area contributed by atoms with Crippen LogP contribution in [-0.2, 0) is 19.0 Å². The molecule has 0 aromatic rings. The summed E-state index contributed by atoms with van der Waals surface area (Å²) in [7, 11) is 0. The third kappa shape index (κ3) is 1.89. The van der Waals surface area contributed by atoms with Crippen LogP contribution in [0.25, 0.3) is 0 Å². The van der Waals surface area contributed by atoms with Gasteiger partial charge in [0.1, 0.15) is 0 Å². The molecule has 2 aliphatic heterocycles. The maximum atomic E-state index is 11.4. The summed E-state index contributed by atoms with van der Waals surface area (Å²) < 4.78 is 15.7. The molecule has 2 saturated heterocycles. The van der Waals surface area contributed by atoms with Crippen LogP contribution in [0.1, 0.15) is 6.92 Å². The normalized spacial score (nSPS) is 36.5. The van der Waals surface area contributed by atoms with Gasteiger partial charge in [-0.2, -0.15) is 0 Å². The van der Waals surface area contributed by atoms with Crippen molar-refractivity contribution in [3.8, 4) is 0 Å². The van der Waals surface area contributed by atoms with Crippen molar-refractivity contribution in [2.45, 2.75) is 25.2 Å². The molecule has 2 aliphatic rings. The van der Waals surface area contributed by atoms with E-state index in [0.717, 1.165) is 0 Å². The summed E-state index contributed by atoms with van der Waals surface area (Å²) >= 11 is 0. The molecule has 5 nitrogen and oxygen atoms in total. The Balaban J connectivity index is 1.87. The Hall–Kier alpha value is -0.650. The molecule has 80 valence electrons. The first-order valence-electron chi connectivity index (χ1n) is 4.94. The number of hydrogen-bond donors (Lipinski definition) is 1. The minimum Gasteiger partial charge on any atom is -0.464 e. The predicted octanol–water partition coefficient (Wildman–Crippen LogP) is -0.695. The number of morpholine rings is 1. The maximum Gasteiger partial charge on any atom is 0.336 e. The Morgan fingerprint density at radius 2 is 2.43 bits per heavy atom. The van der Waals surface area contributed by atoms with E-state index in [1.54, 1.807) is 6.92 Å². The quantitative estimate of drug-likeness (QED) is 0.599. The molecule has 0 spiro atoms. The molecule has 0 aromatic carbocycles. The fourth-order valence-electron chi connectivity index (χ4n) is 1.75. The Morgan fingerprint density at radius 1 is 1.57 bits per heavy atom. The van der Waals surface area contributed by atoms with Gasteiger partial charge in [-0.25, -0.2) is 4.79 Å². The smallest absolute Gasteiger partial charge is 0.336 e. The van der Waals surface area contributed by atoms with Gasteiger partial charge in [0.05, 0.1) is 32.0 Å². The molecule has 0 saturated carbocycles. The van der Waals surface area contributed by atoms with E-state index in [4.69, 9.17) is 14.2 Å². The molecule has 2 heterocycles. The van der Waals surface area contributed by atoms with Gasteiger partial charge in [0, 0.05) is 6.54 Å². The summed E-state index contributed by atoms with van der Waals surface area (Å²) in [5, 5.41) is 3.22. The second-order valence-electron chi connectivity index (χ2n) is 3.47. The minimum absolute atomic E-state index is 0.00171. The van der Waals surface area contributed by atoms with Gasteiger partial charge in [-0.1, -0.05) is 0 Å². The molecular formula is C9H15NO4. The van der Waals surface area contributed by atoms with Gasteiger partial charge in [0.15, 0.2) is 6.10 Å². The fraction of sp³-hybridized carbons (Fsp3) is 0.889. The van der Waals surface area contributed by atoms with Crippen LogP contribution in [0.5, 0.6) is 0 Å². The predicted molar refractivity (Wildman–Crippen MR) is 47.9 cm³/mol. The zero-order valence-corrected chi connectivity index (χ0v) is 8.19. The topological polar surface area (TPSA) is 56.8 Å². The van der Waals surface area contributed by atoms with E-state index in [2.05, 4.69) is 5.32 Å². The fourth-order valence-corrected chi connectivity index (χ4v) is 1.75. The number of esters is 1. The summed E-state index contributed by atoms with van der Waals surface area (Å²) in [4.78, 5) is 11.4. The lowest BCUT2D eigenvalue weighted by atomic mass is 10.1. The van der Waals surface area contributed by atoms with Crippen molar-refractivity contribution < 1.29 is 19.0 Å². The van der Waals surface area contributed by atoms with E-state index in [0.29, 0.717) is 26.4 Å². The van der Waals surface area contributed by atoms with Crippen LogP contribution in [-0.4, -0.2) is 50.6 Å². The van der Waals surface area contributed by atoms with Gasteiger partial charge in [0.2, 0.25) is 0 Å². The number of rotatable bonds is 2. The first kappa shape index (κ1) is 9.89. The van der Waals surface area contributed by atoms with E-state index in [1.807, 2.05) is 0 Å². The molecule has 3 unspecified atom stereocenters. The minimum atomic E-state index is -0.474. The highest BCUT2D eigenvalue weighted by molar-refractivity contribution is 5.75. The van der Waals surface area contributed by atoms with E-state index < -0.39 is 6.10 Å². The number of nitrogens with one attached hydrogen (secondary N) is 1. The first-order chi connectivity index (χ1) is 6.81. The maximum absolute atomic E-state index is 11.4. The third-order valence-corrected chi connectivity index (χ3v) is 2.48. The van der Waals surface area contributed by atoms with Gasteiger partial charge >= 0.3 is 5.97 Å². The Labute approximate surface area is 82.7 Å². The molecule has 1 N–H and O–H groups in total. The Morgan fingerprint density at radius 3 is 3.21 bits per heavy atom. The van der Waals surface area contributed by atoms with Crippen molar-refractivity contribution in [2.75, 3.05) is 26.4 Å². The average Bonchev–Trinajstić information content (AvgIpc) is 2.64. The molecule has 14 heavy (non-hydrogen) atoms. The SMILES string of the molecule is CCOC(=O)C1CNC2COCC2O1. The van der Waals surface area contributed by atoms with Crippen LogP contribution >= 0.6 is 0 Å². The van der Waals surface area contributed by atoms with Crippen molar-refractivity contribution in [1.29, 1.82) is 0 Å². The molecule has 2 rings (SSSR count). The second-order valence-corrected chi connectivity index (χ2v) is 3.47. The van der Waals surface area contributed by atoms with Gasteiger partial charge in [-0.05, 0) is 6.92 Å². The van der Waals surface area contributed by atoms with Crippen LogP contribution in [0.15, 0.2) is 0 Å². The van der Waals surface area contributed by atoms with E-state index in [1.165, 1.54) is 0 Å². The standard InChI is InChI=1S/C9H15NO4/c1-2-13-9(11)7-3-10-6-4-12-5-8(6)14-7/h6-8,10H,2-5H2,1H3. The average molecular weight is 201 g/mol. The van der Waals surface area contributed by atoms with E-state index in [9.17, 15) is 4.79 Å². The van der Waals surface area contributed by atoms with Crippen LogP contribution in [0.3, 0.4) is 0 Å². The molecule has 0 radical (unpaired) electrons. The largest absolute Gasteiger partial charge is 0.464 e. The van der Waals surface area contributed by atoms with Crippen LogP contribution in [0.2, 0.25) is 0 Å². The van der Waals surface area contributed by atoms with Crippen molar-refractivity contribution >= 4 is 5.97 Å². The zero-order valence-electron chi connectivity index (χ0n) is 8.19. The molecule has 0 aliphatic carbocycles. The van der Waals surface area contributed by atoms with Crippen molar-refractivity contribution in [3.05, 3.63) is 0 Å². The van der Waals surface area contributed by atoms with Gasteiger partial charge in [0.25, 0.3) is 0 Å². The van der Waals surface area contributed by atoms with Crippen LogP contribution < -0.4 is 5.32 Å². The van der Waals surface area contributed by atoms with Gasteiger partial charge in [-0.3, -0.25) is 0 Å². The highest BCUT2D eigenvalue weighted by atomic mass is 16.6. The molecule has 2 fully saturated rings. The number of ether oxygens (including phenoxy) is 3. The van der Waals surface area contributed by atoms with E-state index in [-0.39, 0.29) is 18.1 Å². The molecule has 0 bridgehead atoms. The van der Waals surface area contributed by atoms with Crippen molar-refractivity contribution in [2.24, 2.45) is 0 Å². The molecule has 0 aromatic heterocycles. The Bertz CT molecular complexity index is 221. The Kier molecular flexibility index (Phi) is 3.00. The lowest BCUT2D eigenvalue weighted by Crippen LogP contribution is -2.54. The van der Waals surface area contributed by atoms with Crippen LogP contribution in [0.4, 0.5) is 0 Å². The molecule has 0 amide bonds. The number of carbonyl (C=O) groups is 1. The monoisotopic (exact) mass is 201 g/mol. The molecule has 3 atom stereocenters. The van der Waals surface area contributed by atoms with Gasteiger partial charge < -0.3 is 19.5 Å². The summed E-state index contributed by atoms with van der Waals surface area (Å²) in [5.74, 6) is -0.287. The molecular weight excluding hydrogens is 186 g/mol. The van der Waals surface area contributed by atoms with Crippen molar-refractivity contribution in [1.82, 2.24) is 5.32 Å². The number of hydrogen-bond acceptors (Lipinski definition) is 5. The lowest BCUT2D eigenvalue weighted by molar-refractivity contribution is -0.164. The highest BCUT2D eigenvalue weighted by Gasteiger charge is 2.38. The number of fused-ring (bicyclic) bond motifs is 1. The summed E-state index contributed by atoms with van der Waals surface area (Å²) in [6.07, 6.45) is -0.476. The number of carbonyl (C=O) groups excluding carboxylic acids is 1. The molecule has 5 heteroatoms.